The Morgan fingerprint density at radius 1 is 1.24 bits per heavy atom. The normalized spacial score (nSPS) is 15.0. The Kier molecular flexibility index (Phi) is 5.24. The predicted molar refractivity (Wildman–Crippen MR) is 109 cm³/mol. The van der Waals surface area contributed by atoms with E-state index in [4.69, 9.17) is 16.3 Å². The molecular formula is C21H20ClN3O4. The van der Waals surface area contributed by atoms with Gasteiger partial charge in [0.2, 0.25) is 0 Å². The van der Waals surface area contributed by atoms with Gasteiger partial charge in [0.1, 0.15) is 0 Å². The van der Waals surface area contributed by atoms with Gasteiger partial charge < -0.3 is 9.64 Å². The maximum atomic E-state index is 13.2. The van der Waals surface area contributed by atoms with E-state index in [1.807, 2.05) is 0 Å². The van der Waals surface area contributed by atoms with Gasteiger partial charge in [-0.25, -0.2) is 4.98 Å². The van der Waals surface area contributed by atoms with Crippen LogP contribution < -0.4 is 5.56 Å². The van der Waals surface area contributed by atoms with Crippen molar-refractivity contribution in [2.24, 2.45) is 5.92 Å². The summed E-state index contributed by atoms with van der Waals surface area (Å²) in [6.07, 6.45) is 2.71. The third-order valence-corrected chi connectivity index (χ3v) is 5.47. The molecule has 0 unspecified atom stereocenters. The number of pyridine rings is 1. The van der Waals surface area contributed by atoms with Crippen molar-refractivity contribution in [2.45, 2.75) is 19.8 Å². The summed E-state index contributed by atoms with van der Waals surface area (Å²) in [4.78, 5) is 44.2. The molecule has 0 bridgehead atoms. The Morgan fingerprint density at radius 2 is 2.00 bits per heavy atom. The molecule has 150 valence electrons. The lowest BCUT2D eigenvalue weighted by Gasteiger charge is -2.31. The zero-order chi connectivity index (χ0) is 20.5. The number of esters is 1. The lowest BCUT2D eigenvalue weighted by Crippen LogP contribution is -2.41. The first-order chi connectivity index (χ1) is 14.0. The highest BCUT2D eigenvalue weighted by Gasteiger charge is 2.29. The Morgan fingerprint density at radius 3 is 2.72 bits per heavy atom. The summed E-state index contributed by atoms with van der Waals surface area (Å²) in [6.45, 7) is 3.05. The van der Waals surface area contributed by atoms with Crippen LogP contribution >= 0.6 is 11.6 Å². The second kappa shape index (κ2) is 7.83. The second-order valence-corrected chi connectivity index (χ2v) is 7.45. The number of carbonyl (C=O) groups is 2. The fraction of sp³-hybridized carbons (Fsp3) is 0.333. The van der Waals surface area contributed by atoms with Crippen LogP contribution in [-0.2, 0) is 9.53 Å². The Hall–Kier alpha value is -2.93. The van der Waals surface area contributed by atoms with Gasteiger partial charge in [-0.3, -0.25) is 18.8 Å². The van der Waals surface area contributed by atoms with Crippen molar-refractivity contribution in [1.82, 2.24) is 14.3 Å². The SMILES string of the molecule is CCOC(=O)C1CCN(C(=O)c2cccn3c(=O)c4cc(Cl)ccc4nc23)CC1. The van der Waals surface area contributed by atoms with E-state index >= 15 is 0 Å². The minimum Gasteiger partial charge on any atom is -0.466 e. The van der Waals surface area contributed by atoms with Crippen LogP contribution in [0.1, 0.15) is 30.1 Å². The van der Waals surface area contributed by atoms with Crippen molar-refractivity contribution in [2.75, 3.05) is 19.7 Å². The molecule has 8 heteroatoms. The van der Waals surface area contributed by atoms with Gasteiger partial charge in [-0.15, -0.1) is 0 Å². The number of rotatable bonds is 3. The number of fused-ring (bicyclic) bond motifs is 2. The molecule has 0 aliphatic carbocycles. The molecule has 1 fully saturated rings. The Bertz CT molecular complexity index is 1170. The summed E-state index contributed by atoms with van der Waals surface area (Å²) in [7, 11) is 0. The largest absolute Gasteiger partial charge is 0.466 e. The van der Waals surface area contributed by atoms with Crippen LogP contribution in [0.15, 0.2) is 41.3 Å². The third-order valence-electron chi connectivity index (χ3n) is 5.23. The number of likely N-dealkylation sites (tertiary alicyclic amines) is 1. The van der Waals surface area contributed by atoms with E-state index in [0.717, 1.165) is 0 Å². The summed E-state index contributed by atoms with van der Waals surface area (Å²) in [5.74, 6) is -0.588. The molecule has 3 heterocycles. The number of benzene rings is 1. The van der Waals surface area contributed by atoms with Crippen LogP contribution in [0.2, 0.25) is 5.02 Å². The first-order valence-corrected chi connectivity index (χ1v) is 9.94. The number of nitrogens with zero attached hydrogens (tertiary/aromatic N) is 3. The highest BCUT2D eigenvalue weighted by Crippen LogP contribution is 2.22. The standard InChI is InChI=1S/C21H20ClN3O4/c1-2-29-21(28)13-7-10-24(11-8-13)19(26)15-4-3-9-25-18(15)23-17-6-5-14(22)12-16(17)20(25)27/h3-6,9,12-13H,2,7-8,10-11H2,1H3. The quantitative estimate of drug-likeness (QED) is 0.487. The number of halogens is 1. The van der Waals surface area contributed by atoms with E-state index in [1.165, 1.54) is 4.40 Å². The predicted octanol–water partition coefficient (Wildman–Crippen LogP) is 2.92. The molecule has 0 radical (unpaired) electrons. The number of hydrogen-bond donors (Lipinski definition) is 0. The van der Waals surface area contributed by atoms with E-state index in [-0.39, 0.29) is 23.4 Å². The fourth-order valence-electron chi connectivity index (χ4n) is 3.71. The molecule has 3 aromatic rings. The summed E-state index contributed by atoms with van der Waals surface area (Å²) >= 11 is 6.01. The smallest absolute Gasteiger partial charge is 0.309 e. The molecule has 0 N–H and O–H groups in total. The zero-order valence-corrected chi connectivity index (χ0v) is 16.7. The van der Waals surface area contributed by atoms with Gasteiger partial charge in [0.25, 0.3) is 11.5 Å². The van der Waals surface area contributed by atoms with E-state index < -0.39 is 0 Å². The molecular weight excluding hydrogens is 394 g/mol. The average Bonchev–Trinajstić information content (AvgIpc) is 2.74. The summed E-state index contributed by atoms with van der Waals surface area (Å²) in [5.41, 5.74) is 0.879. The molecule has 1 aliphatic heterocycles. The van der Waals surface area contributed by atoms with E-state index in [0.29, 0.717) is 59.7 Å². The van der Waals surface area contributed by atoms with Crippen LogP contribution in [0.25, 0.3) is 16.6 Å². The maximum absolute atomic E-state index is 13.2. The van der Waals surface area contributed by atoms with Gasteiger partial charge in [-0.2, -0.15) is 0 Å². The molecule has 29 heavy (non-hydrogen) atoms. The monoisotopic (exact) mass is 413 g/mol. The third kappa shape index (κ3) is 3.58. The minimum absolute atomic E-state index is 0.180. The summed E-state index contributed by atoms with van der Waals surface area (Å²) in [5, 5.41) is 0.850. The average molecular weight is 414 g/mol. The number of carbonyl (C=O) groups excluding carboxylic acids is 2. The highest BCUT2D eigenvalue weighted by atomic mass is 35.5. The molecule has 1 saturated heterocycles. The van der Waals surface area contributed by atoms with Gasteiger partial charge in [0, 0.05) is 24.3 Å². The van der Waals surface area contributed by atoms with Crippen LogP contribution in [0.4, 0.5) is 0 Å². The summed E-state index contributed by atoms with van der Waals surface area (Å²) in [6, 6.07) is 8.24. The van der Waals surface area contributed by atoms with Crippen LogP contribution in [0.3, 0.4) is 0 Å². The van der Waals surface area contributed by atoms with Crippen molar-refractivity contribution < 1.29 is 14.3 Å². The van der Waals surface area contributed by atoms with Crippen LogP contribution in [0.5, 0.6) is 0 Å². The minimum atomic E-state index is -0.275. The Labute approximate surface area is 171 Å². The van der Waals surface area contributed by atoms with Crippen molar-refractivity contribution in [3.8, 4) is 0 Å². The van der Waals surface area contributed by atoms with Crippen LogP contribution in [0, 0.1) is 5.92 Å². The molecule has 2 aromatic heterocycles. The molecule has 7 nitrogen and oxygen atoms in total. The molecule has 1 amide bonds. The Balaban J connectivity index is 1.67. The van der Waals surface area contributed by atoms with Crippen molar-refractivity contribution in [3.63, 3.8) is 0 Å². The lowest BCUT2D eigenvalue weighted by atomic mass is 9.96. The van der Waals surface area contributed by atoms with E-state index in [9.17, 15) is 14.4 Å². The molecule has 1 aromatic carbocycles. The second-order valence-electron chi connectivity index (χ2n) is 7.01. The van der Waals surface area contributed by atoms with Gasteiger partial charge in [-0.1, -0.05) is 11.6 Å². The number of amides is 1. The van der Waals surface area contributed by atoms with E-state index in [1.54, 1.807) is 48.4 Å². The van der Waals surface area contributed by atoms with Crippen molar-refractivity contribution in [1.29, 1.82) is 0 Å². The topological polar surface area (TPSA) is 81.0 Å². The number of ether oxygens (including phenoxy) is 1. The first-order valence-electron chi connectivity index (χ1n) is 9.56. The van der Waals surface area contributed by atoms with Gasteiger partial charge in [0.05, 0.1) is 29.0 Å². The molecule has 0 spiro atoms. The molecule has 0 atom stereocenters. The number of hydrogen-bond acceptors (Lipinski definition) is 5. The number of aromatic nitrogens is 2. The van der Waals surface area contributed by atoms with Crippen molar-refractivity contribution in [3.05, 3.63) is 57.5 Å². The molecule has 4 rings (SSSR count). The zero-order valence-electron chi connectivity index (χ0n) is 15.9. The molecule has 1 aliphatic rings. The fourth-order valence-corrected chi connectivity index (χ4v) is 3.89. The van der Waals surface area contributed by atoms with E-state index in [2.05, 4.69) is 4.98 Å². The lowest BCUT2D eigenvalue weighted by molar-refractivity contribution is -0.149. The van der Waals surface area contributed by atoms with Gasteiger partial charge in [-0.05, 0) is 50.1 Å². The first kappa shape index (κ1) is 19.4. The van der Waals surface area contributed by atoms with Crippen molar-refractivity contribution >= 4 is 40.0 Å². The maximum Gasteiger partial charge on any atom is 0.309 e. The van der Waals surface area contributed by atoms with Gasteiger partial charge in [0.15, 0.2) is 5.65 Å². The van der Waals surface area contributed by atoms with Crippen LogP contribution in [-0.4, -0.2) is 45.9 Å². The number of piperidine rings is 1. The molecule has 0 saturated carbocycles. The van der Waals surface area contributed by atoms with Gasteiger partial charge >= 0.3 is 5.97 Å². The highest BCUT2D eigenvalue weighted by molar-refractivity contribution is 6.31. The summed E-state index contributed by atoms with van der Waals surface area (Å²) < 4.78 is 6.45.